The quantitative estimate of drug-likeness (QED) is 0.684. The van der Waals surface area contributed by atoms with Crippen LogP contribution >= 0.6 is 0 Å². The van der Waals surface area contributed by atoms with Crippen molar-refractivity contribution in [2.24, 2.45) is 5.73 Å². The topological polar surface area (TPSA) is 52.7 Å². The van der Waals surface area contributed by atoms with Crippen LogP contribution in [0.25, 0.3) is 0 Å². The lowest BCUT2D eigenvalue weighted by atomic mass is 9.92. The second-order valence-corrected chi connectivity index (χ2v) is 5.68. The van der Waals surface area contributed by atoms with Crippen molar-refractivity contribution in [3.63, 3.8) is 0 Å². The third kappa shape index (κ3) is 4.54. The van der Waals surface area contributed by atoms with Crippen LogP contribution in [0.4, 0.5) is 0 Å². The fourth-order valence-electron chi connectivity index (χ4n) is 2.46. The van der Waals surface area contributed by atoms with Crippen LogP contribution in [0.5, 0.6) is 0 Å². The Kier molecular flexibility index (Phi) is 5.86. The summed E-state index contributed by atoms with van der Waals surface area (Å²) in [5.74, 6) is 0. The van der Waals surface area contributed by atoms with Crippen LogP contribution in [0, 0.1) is 0 Å². The molecule has 17 heavy (non-hydrogen) atoms. The standard InChI is InChI=1S/C13H29N3O/c1-4-13(14,11-17)7-5-8-16-9-6-12(10-16)15(2)3/h12,17H,4-11,14H2,1-3H3. The van der Waals surface area contributed by atoms with Crippen LogP contribution in [0.2, 0.25) is 0 Å². The van der Waals surface area contributed by atoms with Gasteiger partial charge in [0.2, 0.25) is 0 Å². The number of rotatable bonds is 7. The van der Waals surface area contributed by atoms with E-state index in [0.29, 0.717) is 6.04 Å². The molecular weight excluding hydrogens is 214 g/mol. The summed E-state index contributed by atoms with van der Waals surface area (Å²) in [4.78, 5) is 4.82. The Balaban J connectivity index is 2.20. The zero-order valence-electron chi connectivity index (χ0n) is 11.7. The molecule has 0 aliphatic carbocycles. The summed E-state index contributed by atoms with van der Waals surface area (Å²) in [5.41, 5.74) is 5.72. The largest absolute Gasteiger partial charge is 0.394 e. The smallest absolute Gasteiger partial charge is 0.0611 e. The highest BCUT2D eigenvalue weighted by Gasteiger charge is 2.25. The first-order valence-corrected chi connectivity index (χ1v) is 6.79. The van der Waals surface area contributed by atoms with Gasteiger partial charge in [0.1, 0.15) is 0 Å². The summed E-state index contributed by atoms with van der Waals surface area (Å²) < 4.78 is 0. The van der Waals surface area contributed by atoms with Gasteiger partial charge in [-0.05, 0) is 52.9 Å². The van der Waals surface area contributed by atoms with Gasteiger partial charge >= 0.3 is 0 Å². The van der Waals surface area contributed by atoms with Gasteiger partial charge in [-0.2, -0.15) is 0 Å². The van der Waals surface area contributed by atoms with Crippen LogP contribution in [0.3, 0.4) is 0 Å². The van der Waals surface area contributed by atoms with E-state index in [-0.39, 0.29) is 12.1 Å². The zero-order valence-corrected chi connectivity index (χ0v) is 11.7. The molecule has 0 saturated carbocycles. The third-order valence-electron chi connectivity index (χ3n) is 4.15. The van der Waals surface area contributed by atoms with Crippen molar-refractivity contribution in [3.8, 4) is 0 Å². The number of aliphatic hydroxyl groups excluding tert-OH is 1. The van der Waals surface area contributed by atoms with E-state index in [1.807, 2.05) is 6.92 Å². The number of aliphatic hydroxyl groups is 1. The molecule has 0 aromatic heterocycles. The van der Waals surface area contributed by atoms with Crippen molar-refractivity contribution in [3.05, 3.63) is 0 Å². The summed E-state index contributed by atoms with van der Waals surface area (Å²) in [6.45, 7) is 5.64. The van der Waals surface area contributed by atoms with Crippen molar-refractivity contribution in [1.82, 2.24) is 9.80 Å². The fourth-order valence-corrected chi connectivity index (χ4v) is 2.46. The first kappa shape index (κ1) is 14.9. The lowest BCUT2D eigenvalue weighted by Crippen LogP contribution is -2.43. The number of hydrogen-bond donors (Lipinski definition) is 2. The maximum Gasteiger partial charge on any atom is 0.0611 e. The average Bonchev–Trinajstić information content (AvgIpc) is 2.78. The van der Waals surface area contributed by atoms with Crippen LogP contribution in [-0.2, 0) is 0 Å². The van der Waals surface area contributed by atoms with Crippen LogP contribution in [0.1, 0.15) is 32.6 Å². The van der Waals surface area contributed by atoms with Crippen LogP contribution < -0.4 is 5.73 Å². The molecule has 4 heteroatoms. The molecule has 0 aromatic carbocycles. The Bertz CT molecular complexity index is 217. The Morgan fingerprint density at radius 1 is 1.47 bits per heavy atom. The Hall–Kier alpha value is -0.160. The van der Waals surface area contributed by atoms with E-state index in [4.69, 9.17) is 5.73 Å². The molecule has 0 aromatic rings. The highest BCUT2D eigenvalue weighted by molar-refractivity contribution is 4.84. The molecule has 1 aliphatic rings. The third-order valence-corrected chi connectivity index (χ3v) is 4.15. The van der Waals surface area contributed by atoms with E-state index >= 15 is 0 Å². The monoisotopic (exact) mass is 243 g/mol. The second-order valence-electron chi connectivity index (χ2n) is 5.68. The molecule has 1 aliphatic heterocycles. The summed E-state index contributed by atoms with van der Waals surface area (Å²) >= 11 is 0. The van der Waals surface area contributed by atoms with Gasteiger partial charge in [-0.3, -0.25) is 0 Å². The van der Waals surface area contributed by atoms with E-state index in [9.17, 15) is 5.11 Å². The van der Waals surface area contributed by atoms with E-state index in [1.54, 1.807) is 0 Å². The SMILES string of the molecule is CCC(N)(CO)CCCN1CCC(N(C)C)C1. The molecule has 1 fully saturated rings. The van der Waals surface area contributed by atoms with Crippen molar-refractivity contribution < 1.29 is 5.11 Å². The van der Waals surface area contributed by atoms with Gasteiger partial charge in [0, 0.05) is 18.1 Å². The van der Waals surface area contributed by atoms with Gasteiger partial charge in [0.05, 0.1) is 6.61 Å². The zero-order chi connectivity index (χ0) is 12.9. The number of likely N-dealkylation sites (N-methyl/N-ethyl adjacent to an activating group) is 1. The van der Waals surface area contributed by atoms with E-state index in [1.165, 1.54) is 19.5 Å². The summed E-state index contributed by atoms with van der Waals surface area (Å²) in [5, 5.41) is 9.25. The molecule has 1 saturated heterocycles. The first-order valence-electron chi connectivity index (χ1n) is 6.79. The maximum absolute atomic E-state index is 9.25. The molecule has 3 N–H and O–H groups in total. The van der Waals surface area contributed by atoms with Crippen molar-refractivity contribution in [1.29, 1.82) is 0 Å². The highest BCUT2D eigenvalue weighted by Crippen LogP contribution is 2.17. The molecule has 0 radical (unpaired) electrons. The molecule has 2 unspecified atom stereocenters. The maximum atomic E-state index is 9.25. The predicted octanol–water partition coefficient (Wildman–Crippen LogP) is 0.502. The highest BCUT2D eigenvalue weighted by atomic mass is 16.3. The molecule has 1 rings (SSSR count). The van der Waals surface area contributed by atoms with Gasteiger partial charge in [0.25, 0.3) is 0 Å². The number of likely N-dealkylation sites (tertiary alicyclic amines) is 1. The molecule has 0 bridgehead atoms. The van der Waals surface area contributed by atoms with Crippen LogP contribution in [-0.4, -0.2) is 66.8 Å². The Labute approximate surface area is 106 Å². The van der Waals surface area contributed by atoms with Gasteiger partial charge in [0.15, 0.2) is 0 Å². The van der Waals surface area contributed by atoms with Gasteiger partial charge in [-0.1, -0.05) is 6.92 Å². The molecule has 102 valence electrons. The summed E-state index contributed by atoms with van der Waals surface area (Å²) in [7, 11) is 4.31. The fraction of sp³-hybridized carbons (Fsp3) is 1.00. The minimum atomic E-state index is -0.360. The minimum Gasteiger partial charge on any atom is -0.394 e. The Morgan fingerprint density at radius 3 is 2.65 bits per heavy atom. The normalized spacial score (nSPS) is 25.4. The minimum absolute atomic E-state index is 0.101. The molecule has 1 heterocycles. The van der Waals surface area contributed by atoms with Crippen molar-refractivity contribution in [2.45, 2.75) is 44.2 Å². The predicted molar refractivity (Wildman–Crippen MR) is 72.1 cm³/mol. The Morgan fingerprint density at radius 2 is 2.18 bits per heavy atom. The lowest BCUT2D eigenvalue weighted by molar-refractivity contribution is 0.173. The van der Waals surface area contributed by atoms with E-state index in [0.717, 1.165) is 25.8 Å². The summed E-state index contributed by atoms with van der Waals surface area (Å²) in [6, 6.07) is 0.710. The van der Waals surface area contributed by atoms with E-state index < -0.39 is 0 Å². The number of nitrogens with two attached hydrogens (primary N) is 1. The van der Waals surface area contributed by atoms with Gasteiger partial charge in [-0.25, -0.2) is 0 Å². The average molecular weight is 243 g/mol. The molecule has 0 spiro atoms. The van der Waals surface area contributed by atoms with E-state index in [2.05, 4.69) is 23.9 Å². The van der Waals surface area contributed by atoms with Crippen molar-refractivity contribution >= 4 is 0 Å². The lowest BCUT2D eigenvalue weighted by Gasteiger charge is -2.27. The molecular formula is C13H29N3O. The number of hydrogen-bond acceptors (Lipinski definition) is 4. The molecule has 0 amide bonds. The van der Waals surface area contributed by atoms with Crippen molar-refractivity contribution in [2.75, 3.05) is 40.3 Å². The van der Waals surface area contributed by atoms with Gasteiger partial charge in [-0.15, -0.1) is 0 Å². The van der Waals surface area contributed by atoms with Gasteiger partial charge < -0.3 is 20.6 Å². The first-order chi connectivity index (χ1) is 8.00. The molecule has 2 atom stereocenters. The summed E-state index contributed by atoms with van der Waals surface area (Å²) in [6.07, 6.45) is 4.13. The number of nitrogens with zero attached hydrogens (tertiary/aromatic N) is 2. The van der Waals surface area contributed by atoms with Crippen LogP contribution in [0.15, 0.2) is 0 Å². The second kappa shape index (κ2) is 6.69. The molecule has 4 nitrogen and oxygen atoms in total.